The summed E-state index contributed by atoms with van der Waals surface area (Å²) in [5.74, 6) is -0.699. The summed E-state index contributed by atoms with van der Waals surface area (Å²) in [6.45, 7) is 0. The van der Waals surface area contributed by atoms with Crippen LogP contribution in [0.3, 0.4) is 0 Å². The molecule has 0 atom stereocenters. The Morgan fingerprint density at radius 3 is 2.76 bits per heavy atom. The minimum atomic E-state index is -0.699. The van der Waals surface area contributed by atoms with Gasteiger partial charge in [-0.25, -0.2) is 0 Å². The molecule has 2 aromatic rings. The fourth-order valence-corrected chi connectivity index (χ4v) is 2.75. The molecule has 3 heteroatoms. The van der Waals surface area contributed by atoms with Crippen LogP contribution in [0.2, 0.25) is 0 Å². The van der Waals surface area contributed by atoms with E-state index >= 15 is 0 Å². The molecular formula is C14H15NO2. The Hall–Kier alpha value is -1.77. The number of aryl methyl sites for hydroxylation is 1. The Morgan fingerprint density at radius 1 is 1.41 bits per heavy atom. The molecule has 3 nitrogen and oxygen atoms in total. The molecule has 0 amide bonds. The number of carbonyl (C=O) groups is 1. The Labute approximate surface area is 99.7 Å². The van der Waals surface area contributed by atoms with Gasteiger partial charge in [0.15, 0.2) is 0 Å². The first-order valence-electron chi connectivity index (χ1n) is 5.89. The van der Waals surface area contributed by atoms with Gasteiger partial charge in [0.1, 0.15) is 0 Å². The minimum absolute atomic E-state index is 0.104. The normalized spacial score (nSPS) is 17.2. The first-order chi connectivity index (χ1) is 8.12. The lowest BCUT2D eigenvalue weighted by atomic mass is 9.92. The average Bonchev–Trinajstić information content (AvgIpc) is 2.97. The van der Waals surface area contributed by atoms with E-state index in [4.69, 9.17) is 5.11 Å². The lowest BCUT2D eigenvalue weighted by Crippen LogP contribution is -2.12. The number of fused-ring (bicyclic) bond motifs is 1. The van der Waals surface area contributed by atoms with Gasteiger partial charge in [-0.1, -0.05) is 18.2 Å². The molecule has 17 heavy (non-hydrogen) atoms. The van der Waals surface area contributed by atoms with E-state index in [9.17, 15) is 4.79 Å². The summed E-state index contributed by atoms with van der Waals surface area (Å²) in [7, 11) is 2.02. The summed E-state index contributed by atoms with van der Waals surface area (Å²) in [5, 5.41) is 10.2. The van der Waals surface area contributed by atoms with Gasteiger partial charge in [-0.05, 0) is 24.5 Å². The van der Waals surface area contributed by atoms with Gasteiger partial charge in [0.25, 0.3) is 0 Å². The van der Waals surface area contributed by atoms with Crippen molar-refractivity contribution < 1.29 is 9.90 Å². The predicted molar refractivity (Wildman–Crippen MR) is 66.1 cm³/mol. The third-order valence-corrected chi connectivity index (χ3v) is 3.81. The van der Waals surface area contributed by atoms with Crippen molar-refractivity contribution in [2.75, 3.05) is 0 Å². The zero-order valence-corrected chi connectivity index (χ0v) is 9.81. The van der Waals surface area contributed by atoms with Crippen molar-refractivity contribution in [3.05, 3.63) is 36.0 Å². The van der Waals surface area contributed by atoms with E-state index in [2.05, 4.69) is 22.9 Å². The Morgan fingerprint density at radius 2 is 2.12 bits per heavy atom. The average molecular weight is 229 g/mol. The zero-order chi connectivity index (χ0) is 12.0. The lowest BCUT2D eigenvalue weighted by Gasteiger charge is -2.11. The molecule has 0 radical (unpaired) electrons. The van der Waals surface area contributed by atoms with Crippen LogP contribution in [-0.2, 0) is 17.3 Å². The van der Waals surface area contributed by atoms with Crippen LogP contribution in [0.15, 0.2) is 30.5 Å². The molecule has 3 rings (SSSR count). The van der Waals surface area contributed by atoms with Crippen LogP contribution < -0.4 is 0 Å². The van der Waals surface area contributed by atoms with Crippen molar-refractivity contribution in [1.82, 2.24) is 4.57 Å². The molecule has 1 aliphatic rings. The monoisotopic (exact) mass is 229 g/mol. The van der Waals surface area contributed by atoms with E-state index in [0.717, 1.165) is 12.8 Å². The van der Waals surface area contributed by atoms with Gasteiger partial charge in [0, 0.05) is 29.6 Å². The number of hydrogen-bond donors (Lipinski definition) is 1. The molecule has 1 N–H and O–H groups in total. The number of aromatic nitrogens is 1. The second-order valence-corrected chi connectivity index (χ2v) is 5.02. The van der Waals surface area contributed by atoms with Crippen molar-refractivity contribution in [3.63, 3.8) is 0 Å². The molecule has 0 spiro atoms. The fourth-order valence-electron chi connectivity index (χ4n) is 2.75. The molecule has 0 saturated heterocycles. The van der Waals surface area contributed by atoms with E-state index in [0.29, 0.717) is 0 Å². The number of benzene rings is 1. The zero-order valence-electron chi connectivity index (χ0n) is 9.81. The second kappa shape index (κ2) is 3.36. The highest BCUT2D eigenvalue weighted by Gasteiger charge is 2.47. The largest absolute Gasteiger partial charge is 0.481 e. The highest BCUT2D eigenvalue weighted by Crippen LogP contribution is 2.53. The summed E-state index contributed by atoms with van der Waals surface area (Å²) in [6.07, 6.45) is 4.34. The van der Waals surface area contributed by atoms with Crippen LogP contribution >= 0.6 is 0 Å². The summed E-state index contributed by atoms with van der Waals surface area (Å²) in [4.78, 5) is 11.0. The topological polar surface area (TPSA) is 42.2 Å². The Kier molecular flexibility index (Phi) is 2.05. The maximum atomic E-state index is 11.0. The molecule has 88 valence electrons. The third kappa shape index (κ3) is 1.54. The standard InChI is InChI=1S/C14H15NO2/c1-15-9-11(10-4-2-3-5-12(10)15)14(6-7-14)8-13(16)17/h2-5,9H,6-8H2,1H3,(H,16,17). The van der Waals surface area contributed by atoms with E-state index < -0.39 is 5.97 Å². The van der Waals surface area contributed by atoms with Gasteiger partial charge in [-0.3, -0.25) is 4.79 Å². The molecule has 0 bridgehead atoms. The van der Waals surface area contributed by atoms with Crippen LogP contribution in [0.1, 0.15) is 24.8 Å². The number of nitrogens with zero attached hydrogens (tertiary/aromatic N) is 1. The molecule has 1 fully saturated rings. The highest BCUT2D eigenvalue weighted by molar-refractivity contribution is 5.86. The summed E-state index contributed by atoms with van der Waals surface area (Å²) < 4.78 is 2.09. The number of rotatable bonds is 3. The second-order valence-electron chi connectivity index (χ2n) is 5.02. The van der Waals surface area contributed by atoms with Crippen LogP contribution in [0.5, 0.6) is 0 Å². The van der Waals surface area contributed by atoms with Crippen LogP contribution in [0.25, 0.3) is 10.9 Å². The molecule has 1 heterocycles. The van der Waals surface area contributed by atoms with E-state index in [1.165, 1.54) is 16.5 Å². The van der Waals surface area contributed by atoms with Crippen molar-refractivity contribution in [1.29, 1.82) is 0 Å². The van der Waals surface area contributed by atoms with Gasteiger partial charge in [0.05, 0.1) is 6.42 Å². The number of para-hydroxylation sites is 1. The SMILES string of the molecule is Cn1cc(C2(CC(=O)O)CC2)c2ccccc21. The Bertz CT molecular complexity index is 593. The smallest absolute Gasteiger partial charge is 0.304 e. The molecule has 1 aromatic carbocycles. The highest BCUT2D eigenvalue weighted by atomic mass is 16.4. The minimum Gasteiger partial charge on any atom is -0.481 e. The van der Waals surface area contributed by atoms with Crippen molar-refractivity contribution in [3.8, 4) is 0 Å². The van der Waals surface area contributed by atoms with E-state index in [-0.39, 0.29) is 11.8 Å². The van der Waals surface area contributed by atoms with Crippen molar-refractivity contribution >= 4 is 16.9 Å². The molecular weight excluding hydrogens is 214 g/mol. The third-order valence-electron chi connectivity index (χ3n) is 3.81. The van der Waals surface area contributed by atoms with Gasteiger partial charge in [0.2, 0.25) is 0 Å². The summed E-state index contributed by atoms with van der Waals surface area (Å²) >= 11 is 0. The van der Waals surface area contributed by atoms with Crippen LogP contribution in [-0.4, -0.2) is 15.6 Å². The number of aliphatic carboxylic acids is 1. The maximum Gasteiger partial charge on any atom is 0.304 e. The van der Waals surface area contributed by atoms with Crippen molar-refractivity contribution in [2.24, 2.45) is 7.05 Å². The predicted octanol–water partition coefficient (Wildman–Crippen LogP) is 2.68. The number of carboxylic acids is 1. The van der Waals surface area contributed by atoms with Gasteiger partial charge >= 0.3 is 5.97 Å². The quantitative estimate of drug-likeness (QED) is 0.879. The first-order valence-corrected chi connectivity index (χ1v) is 5.89. The number of hydrogen-bond acceptors (Lipinski definition) is 1. The van der Waals surface area contributed by atoms with Crippen LogP contribution in [0.4, 0.5) is 0 Å². The maximum absolute atomic E-state index is 11.0. The molecule has 0 aliphatic heterocycles. The first kappa shape index (κ1) is 10.4. The molecule has 1 saturated carbocycles. The lowest BCUT2D eigenvalue weighted by molar-refractivity contribution is -0.137. The molecule has 0 unspecified atom stereocenters. The van der Waals surface area contributed by atoms with E-state index in [1.807, 2.05) is 19.2 Å². The van der Waals surface area contributed by atoms with Gasteiger partial charge in [-0.2, -0.15) is 0 Å². The molecule has 1 aromatic heterocycles. The fraction of sp³-hybridized carbons (Fsp3) is 0.357. The van der Waals surface area contributed by atoms with Gasteiger partial charge in [-0.15, -0.1) is 0 Å². The Balaban J connectivity index is 2.15. The molecule has 1 aliphatic carbocycles. The summed E-state index contributed by atoms with van der Waals surface area (Å²) in [6, 6.07) is 8.20. The van der Waals surface area contributed by atoms with E-state index in [1.54, 1.807) is 0 Å². The van der Waals surface area contributed by atoms with Gasteiger partial charge < -0.3 is 9.67 Å². The van der Waals surface area contributed by atoms with Crippen LogP contribution in [0, 0.1) is 0 Å². The summed E-state index contributed by atoms with van der Waals surface area (Å²) in [5.41, 5.74) is 2.28. The van der Waals surface area contributed by atoms with Crippen molar-refractivity contribution in [2.45, 2.75) is 24.7 Å². The number of carboxylic acid groups (broad SMARTS) is 1.